The van der Waals surface area contributed by atoms with Crippen LogP contribution < -0.4 is 26.6 Å². The van der Waals surface area contributed by atoms with E-state index in [1.165, 1.54) is 0 Å². The van der Waals surface area contributed by atoms with Gasteiger partial charge in [-0.1, -0.05) is 84.9 Å². The van der Waals surface area contributed by atoms with E-state index in [9.17, 15) is 9.59 Å². The Hall–Kier alpha value is -5.73. The Morgan fingerprint density at radius 1 is 0.674 bits per heavy atom. The predicted octanol–water partition coefficient (Wildman–Crippen LogP) is 7.34. The fourth-order valence-electron chi connectivity index (χ4n) is 5.29. The van der Waals surface area contributed by atoms with Gasteiger partial charge in [0, 0.05) is 41.3 Å². The summed E-state index contributed by atoms with van der Waals surface area (Å²) < 4.78 is 0. The van der Waals surface area contributed by atoms with Crippen molar-refractivity contribution in [1.29, 1.82) is 0 Å². The molecule has 0 bridgehead atoms. The molecule has 0 saturated carbocycles. The van der Waals surface area contributed by atoms with Gasteiger partial charge < -0.3 is 26.6 Å². The fourth-order valence-corrected chi connectivity index (χ4v) is 5.52. The summed E-state index contributed by atoms with van der Waals surface area (Å²) in [6, 6.07) is 40.8. The van der Waals surface area contributed by atoms with Gasteiger partial charge in [0.25, 0.3) is 11.8 Å². The number of rotatable bonds is 9. The molecule has 46 heavy (non-hydrogen) atoms. The summed E-state index contributed by atoms with van der Waals surface area (Å²) in [6.07, 6.45) is 0. The molecule has 0 aliphatic carbocycles. The Labute approximate surface area is 273 Å². The summed E-state index contributed by atoms with van der Waals surface area (Å²) in [4.78, 5) is 26.5. The fraction of sp³-hybridized carbons (Fsp3) is 0.0789. The van der Waals surface area contributed by atoms with E-state index >= 15 is 0 Å². The molecule has 1 heterocycles. The number of carbonyl (C=O) groups excluding carboxylic acids is 2. The Morgan fingerprint density at radius 2 is 1.35 bits per heavy atom. The first-order valence-corrected chi connectivity index (χ1v) is 15.4. The first-order valence-electron chi connectivity index (χ1n) is 15.0. The van der Waals surface area contributed by atoms with Gasteiger partial charge in [0.2, 0.25) is 0 Å². The number of hydrogen-bond donors (Lipinski definition) is 5. The normalized spacial score (nSPS) is 12.8. The molecule has 5 aromatic carbocycles. The van der Waals surface area contributed by atoms with E-state index < -0.39 is 0 Å². The average Bonchev–Trinajstić information content (AvgIpc) is 3.40. The molecule has 6 rings (SSSR count). The predicted molar refractivity (Wildman–Crippen MR) is 190 cm³/mol. The van der Waals surface area contributed by atoms with Gasteiger partial charge in [-0.05, 0) is 83.9 Å². The van der Waals surface area contributed by atoms with Crippen molar-refractivity contribution >= 4 is 57.5 Å². The van der Waals surface area contributed by atoms with Crippen molar-refractivity contribution in [2.24, 2.45) is 0 Å². The van der Waals surface area contributed by atoms with Gasteiger partial charge in [-0.2, -0.15) is 0 Å². The Morgan fingerprint density at radius 3 is 2.09 bits per heavy atom. The van der Waals surface area contributed by atoms with E-state index in [0.717, 1.165) is 33.6 Å². The second-order valence-corrected chi connectivity index (χ2v) is 11.4. The van der Waals surface area contributed by atoms with Crippen molar-refractivity contribution in [3.8, 4) is 0 Å². The zero-order chi connectivity index (χ0) is 31.9. The van der Waals surface area contributed by atoms with E-state index in [0.29, 0.717) is 46.3 Å². The van der Waals surface area contributed by atoms with E-state index in [4.69, 9.17) is 12.2 Å². The van der Waals surface area contributed by atoms with Crippen LogP contribution >= 0.6 is 12.2 Å². The number of carbonyl (C=O) groups is 2. The molecule has 0 atom stereocenters. The SMILES string of the molecule is Cc1cccc(NC(=S)Nc2ccc(CN/C(=C3\C(=O)Nc4ccc(C(=O)NCc5ccccc5)cc43)c3ccccc3)cc2)c1. The number of thiocarbonyl (C=S) groups is 1. The molecule has 0 fully saturated rings. The van der Waals surface area contributed by atoms with Gasteiger partial charge in [-0.3, -0.25) is 9.59 Å². The van der Waals surface area contributed by atoms with Crippen LogP contribution in [0.4, 0.5) is 17.1 Å². The summed E-state index contributed by atoms with van der Waals surface area (Å²) in [5.41, 5.74) is 8.83. The average molecular weight is 624 g/mol. The molecule has 2 amide bonds. The van der Waals surface area contributed by atoms with Crippen LogP contribution in [0.3, 0.4) is 0 Å². The number of nitrogens with one attached hydrogen (secondary N) is 5. The van der Waals surface area contributed by atoms with Gasteiger partial charge in [0.1, 0.15) is 0 Å². The summed E-state index contributed by atoms with van der Waals surface area (Å²) in [7, 11) is 0. The third-order valence-corrected chi connectivity index (χ3v) is 7.80. The number of hydrogen-bond acceptors (Lipinski definition) is 4. The second kappa shape index (κ2) is 13.9. The number of aryl methyl sites for hydroxylation is 1. The standard InChI is InChI=1S/C38H33N5O2S/c1-25-9-8-14-31(21-25)42-38(46)41-30-18-15-27(16-19-30)23-39-35(28-12-6-3-7-13-28)34-32-22-29(17-20-33(32)43-37(34)45)36(44)40-24-26-10-4-2-5-11-26/h2-22,39H,23-24H2,1H3,(H,40,44)(H,43,45)(H2,41,42,46)/b35-34-. The molecular formula is C38H33N5O2S. The smallest absolute Gasteiger partial charge is 0.258 e. The maximum absolute atomic E-state index is 13.4. The van der Waals surface area contributed by atoms with Crippen LogP contribution in [0.5, 0.6) is 0 Å². The first kappa shape index (κ1) is 30.3. The zero-order valence-electron chi connectivity index (χ0n) is 25.3. The minimum atomic E-state index is -0.225. The topological polar surface area (TPSA) is 94.3 Å². The summed E-state index contributed by atoms with van der Waals surface area (Å²) in [5, 5.41) is 16.4. The van der Waals surface area contributed by atoms with Gasteiger partial charge >= 0.3 is 0 Å². The Bertz CT molecular complexity index is 1920. The molecule has 1 aliphatic heterocycles. The third kappa shape index (κ3) is 7.31. The second-order valence-electron chi connectivity index (χ2n) is 11.0. The highest BCUT2D eigenvalue weighted by Crippen LogP contribution is 2.37. The molecule has 0 unspecified atom stereocenters. The van der Waals surface area contributed by atoms with Crippen LogP contribution in [0.25, 0.3) is 11.3 Å². The summed E-state index contributed by atoms with van der Waals surface area (Å²) in [5.74, 6) is -0.431. The molecule has 5 aromatic rings. The highest BCUT2D eigenvalue weighted by molar-refractivity contribution is 7.80. The zero-order valence-corrected chi connectivity index (χ0v) is 26.1. The minimum absolute atomic E-state index is 0.207. The molecule has 0 aromatic heterocycles. The van der Waals surface area contributed by atoms with Crippen molar-refractivity contribution in [2.45, 2.75) is 20.0 Å². The molecule has 0 radical (unpaired) electrons. The van der Waals surface area contributed by atoms with Crippen molar-refractivity contribution in [3.05, 3.63) is 161 Å². The maximum Gasteiger partial charge on any atom is 0.258 e. The molecule has 8 heteroatoms. The first-order chi connectivity index (χ1) is 22.4. The molecule has 0 spiro atoms. The quantitative estimate of drug-likeness (QED) is 0.0871. The molecule has 0 saturated heterocycles. The van der Waals surface area contributed by atoms with Crippen LogP contribution in [-0.2, 0) is 17.9 Å². The van der Waals surface area contributed by atoms with Crippen molar-refractivity contribution in [2.75, 3.05) is 16.0 Å². The maximum atomic E-state index is 13.4. The van der Waals surface area contributed by atoms with E-state index in [1.807, 2.05) is 116 Å². The van der Waals surface area contributed by atoms with E-state index in [-0.39, 0.29) is 11.8 Å². The van der Waals surface area contributed by atoms with Crippen LogP contribution in [0.15, 0.2) is 127 Å². The lowest BCUT2D eigenvalue weighted by Gasteiger charge is -2.16. The minimum Gasteiger partial charge on any atom is -0.380 e. The van der Waals surface area contributed by atoms with E-state index in [1.54, 1.807) is 18.2 Å². The van der Waals surface area contributed by atoms with Crippen LogP contribution in [0.2, 0.25) is 0 Å². The third-order valence-electron chi connectivity index (χ3n) is 7.59. The monoisotopic (exact) mass is 623 g/mol. The lowest BCUT2D eigenvalue weighted by Crippen LogP contribution is -2.22. The van der Waals surface area contributed by atoms with Gasteiger partial charge in [0.15, 0.2) is 5.11 Å². The van der Waals surface area contributed by atoms with Crippen molar-refractivity contribution in [3.63, 3.8) is 0 Å². The van der Waals surface area contributed by atoms with Crippen molar-refractivity contribution < 1.29 is 9.59 Å². The van der Waals surface area contributed by atoms with Crippen LogP contribution in [0, 0.1) is 6.92 Å². The van der Waals surface area contributed by atoms with Crippen LogP contribution in [0.1, 0.15) is 38.2 Å². The van der Waals surface area contributed by atoms with Gasteiger partial charge in [0.05, 0.1) is 11.3 Å². The number of benzene rings is 5. The number of fused-ring (bicyclic) bond motifs is 1. The highest BCUT2D eigenvalue weighted by atomic mass is 32.1. The lowest BCUT2D eigenvalue weighted by atomic mass is 9.98. The largest absolute Gasteiger partial charge is 0.380 e. The van der Waals surface area contributed by atoms with Crippen LogP contribution in [-0.4, -0.2) is 16.9 Å². The highest BCUT2D eigenvalue weighted by Gasteiger charge is 2.29. The molecular weight excluding hydrogens is 591 g/mol. The Balaban J connectivity index is 1.20. The summed E-state index contributed by atoms with van der Waals surface area (Å²) in [6.45, 7) is 2.92. The number of amides is 2. The van der Waals surface area contributed by atoms with E-state index in [2.05, 4.69) is 26.6 Å². The molecule has 7 nitrogen and oxygen atoms in total. The van der Waals surface area contributed by atoms with Gasteiger partial charge in [-0.25, -0.2) is 0 Å². The van der Waals surface area contributed by atoms with Gasteiger partial charge in [-0.15, -0.1) is 0 Å². The van der Waals surface area contributed by atoms with Crippen molar-refractivity contribution in [1.82, 2.24) is 10.6 Å². The Kier molecular flexibility index (Phi) is 9.17. The molecule has 1 aliphatic rings. The molecule has 228 valence electrons. The molecule has 5 N–H and O–H groups in total. The lowest BCUT2D eigenvalue weighted by molar-refractivity contribution is -0.110. The summed E-state index contributed by atoms with van der Waals surface area (Å²) >= 11 is 5.50. The number of anilines is 3.